The third-order valence-corrected chi connectivity index (χ3v) is 4.41. The van der Waals surface area contributed by atoms with Crippen molar-refractivity contribution in [1.82, 2.24) is 5.32 Å². The lowest BCUT2D eigenvalue weighted by Crippen LogP contribution is -2.39. The molecule has 0 bridgehead atoms. The number of nitrogens with zero attached hydrogens (tertiary/aromatic N) is 1. The fourth-order valence-electron chi connectivity index (χ4n) is 3.00. The third-order valence-electron chi connectivity index (χ3n) is 4.41. The summed E-state index contributed by atoms with van der Waals surface area (Å²) in [7, 11) is 0. The van der Waals surface area contributed by atoms with Crippen LogP contribution >= 0.6 is 0 Å². The minimum absolute atomic E-state index is 0.214. The topological polar surface area (TPSA) is 61.8 Å². The van der Waals surface area contributed by atoms with E-state index in [1.54, 1.807) is 13.0 Å². The summed E-state index contributed by atoms with van der Waals surface area (Å²) in [6.07, 6.45) is 0.576. The number of piperidine rings is 1. The number of benzene rings is 1. The van der Waals surface area contributed by atoms with Gasteiger partial charge in [0.2, 0.25) is 5.91 Å². The predicted octanol–water partition coefficient (Wildman–Crippen LogP) is 2.39. The Morgan fingerprint density at radius 3 is 2.71 bits per heavy atom. The highest BCUT2D eigenvalue weighted by molar-refractivity contribution is 5.81. The van der Waals surface area contributed by atoms with Crippen LogP contribution in [0.1, 0.15) is 45.2 Å². The van der Waals surface area contributed by atoms with Gasteiger partial charge in [-0.05, 0) is 51.8 Å². The van der Waals surface area contributed by atoms with E-state index in [2.05, 4.69) is 10.2 Å². The first-order valence-corrected chi connectivity index (χ1v) is 8.56. The Hall–Kier alpha value is -1.66. The van der Waals surface area contributed by atoms with Gasteiger partial charge in [0.05, 0.1) is 12.1 Å². The Kier molecular flexibility index (Phi) is 6.57. The van der Waals surface area contributed by atoms with E-state index >= 15 is 0 Å². The average Bonchev–Trinajstić information content (AvgIpc) is 2.56. The van der Waals surface area contributed by atoms with Gasteiger partial charge in [-0.25, -0.2) is 4.39 Å². The molecule has 1 heterocycles. The molecule has 24 heavy (non-hydrogen) atoms. The summed E-state index contributed by atoms with van der Waals surface area (Å²) in [4.78, 5) is 14.3. The van der Waals surface area contributed by atoms with E-state index in [0.29, 0.717) is 19.4 Å². The summed E-state index contributed by atoms with van der Waals surface area (Å²) in [5.74, 6) is -0.543. The van der Waals surface area contributed by atoms with Gasteiger partial charge >= 0.3 is 0 Å². The van der Waals surface area contributed by atoms with Crippen LogP contribution in [-0.2, 0) is 9.53 Å². The van der Waals surface area contributed by atoms with Crippen LogP contribution in [0.2, 0.25) is 0 Å². The van der Waals surface area contributed by atoms with E-state index in [-0.39, 0.29) is 23.9 Å². The summed E-state index contributed by atoms with van der Waals surface area (Å²) in [5, 5.41) is 12.6. The zero-order chi connectivity index (χ0) is 17.7. The molecule has 5 nitrogen and oxygen atoms in total. The van der Waals surface area contributed by atoms with Crippen LogP contribution in [0, 0.1) is 5.82 Å². The Morgan fingerprint density at radius 2 is 2.08 bits per heavy atom. The summed E-state index contributed by atoms with van der Waals surface area (Å²) >= 11 is 0. The van der Waals surface area contributed by atoms with Crippen molar-refractivity contribution in [3.05, 3.63) is 29.6 Å². The first kappa shape index (κ1) is 18.7. The Labute approximate surface area is 142 Å². The molecule has 2 N–H and O–H groups in total. The van der Waals surface area contributed by atoms with Crippen LogP contribution < -0.4 is 10.2 Å². The Bertz CT molecular complexity index is 559. The van der Waals surface area contributed by atoms with Crippen LogP contribution in [-0.4, -0.2) is 42.9 Å². The van der Waals surface area contributed by atoms with Crippen molar-refractivity contribution >= 4 is 11.6 Å². The van der Waals surface area contributed by atoms with E-state index in [1.165, 1.54) is 12.1 Å². The number of nitrogens with one attached hydrogen (secondary N) is 1. The minimum Gasteiger partial charge on any atom is -0.393 e. The lowest BCUT2D eigenvalue weighted by atomic mass is 10.0. The number of carbonyl (C=O) groups excluding carboxylic acids is 1. The highest BCUT2D eigenvalue weighted by atomic mass is 19.1. The molecule has 0 saturated carbocycles. The monoisotopic (exact) mass is 338 g/mol. The molecule has 1 amide bonds. The van der Waals surface area contributed by atoms with E-state index in [9.17, 15) is 14.3 Å². The lowest BCUT2D eigenvalue weighted by molar-refractivity contribution is -0.132. The number of hydrogen-bond acceptors (Lipinski definition) is 4. The van der Waals surface area contributed by atoms with Gasteiger partial charge in [0, 0.05) is 30.9 Å². The van der Waals surface area contributed by atoms with E-state index in [1.807, 2.05) is 13.8 Å². The maximum atomic E-state index is 13.8. The molecule has 2 unspecified atom stereocenters. The molecule has 1 saturated heterocycles. The number of carbonyl (C=O) groups is 1. The third kappa shape index (κ3) is 4.68. The number of halogens is 1. The zero-order valence-electron chi connectivity index (χ0n) is 14.6. The van der Waals surface area contributed by atoms with Gasteiger partial charge in [0.25, 0.3) is 0 Å². The Morgan fingerprint density at radius 1 is 1.42 bits per heavy atom. The SMILES string of the molecule is CCOC(C)C(=O)NC(C)c1cc(F)ccc1N1CCC(O)CC1. The number of amides is 1. The fourth-order valence-corrected chi connectivity index (χ4v) is 3.00. The molecule has 1 aromatic rings. The molecule has 0 aromatic heterocycles. The summed E-state index contributed by atoms with van der Waals surface area (Å²) in [6, 6.07) is 4.31. The summed E-state index contributed by atoms with van der Waals surface area (Å²) in [5.41, 5.74) is 1.64. The molecular formula is C18H27FN2O3. The van der Waals surface area contributed by atoms with Crippen LogP contribution in [0.3, 0.4) is 0 Å². The highest BCUT2D eigenvalue weighted by Crippen LogP contribution is 2.29. The summed E-state index contributed by atoms with van der Waals surface area (Å²) in [6.45, 7) is 7.27. The molecular weight excluding hydrogens is 311 g/mol. The lowest BCUT2D eigenvalue weighted by Gasteiger charge is -2.34. The van der Waals surface area contributed by atoms with Gasteiger partial charge in [0.1, 0.15) is 11.9 Å². The van der Waals surface area contributed by atoms with E-state index < -0.39 is 6.10 Å². The van der Waals surface area contributed by atoms with Gasteiger partial charge in [-0.15, -0.1) is 0 Å². The second-order valence-corrected chi connectivity index (χ2v) is 6.25. The van der Waals surface area contributed by atoms with Gasteiger partial charge in [0.15, 0.2) is 0 Å². The highest BCUT2D eigenvalue weighted by Gasteiger charge is 2.23. The molecule has 6 heteroatoms. The van der Waals surface area contributed by atoms with Gasteiger partial charge in [-0.1, -0.05) is 0 Å². The predicted molar refractivity (Wildman–Crippen MR) is 91.5 cm³/mol. The van der Waals surface area contributed by atoms with E-state index in [0.717, 1.165) is 24.3 Å². The molecule has 0 spiro atoms. The smallest absolute Gasteiger partial charge is 0.249 e. The maximum Gasteiger partial charge on any atom is 0.249 e. The van der Waals surface area contributed by atoms with Crippen LogP contribution in [0.25, 0.3) is 0 Å². The van der Waals surface area contributed by atoms with Crippen molar-refractivity contribution in [2.24, 2.45) is 0 Å². The molecule has 134 valence electrons. The number of anilines is 1. The minimum atomic E-state index is -0.542. The van der Waals surface area contributed by atoms with Crippen LogP contribution in [0.4, 0.5) is 10.1 Å². The number of aliphatic hydroxyl groups is 1. The first-order chi connectivity index (χ1) is 11.4. The molecule has 2 rings (SSSR count). The molecule has 2 atom stereocenters. The maximum absolute atomic E-state index is 13.8. The van der Waals surface area contributed by atoms with Crippen LogP contribution in [0.5, 0.6) is 0 Å². The van der Waals surface area contributed by atoms with Crippen molar-refractivity contribution in [2.45, 2.75) is 51.9 Å². The van der Waals surface area contributed by atoms with Crippen molar-refractivity contribution in [3.8, 4) is 0 Å². The van der Waals surface area contributed by atoms with Crippen LogP contribution in [0.15, 0.2) is 18.2 Å². The van der Waals surface area contributed by atoms with E-state index in [4.69, 9.17) is 4.74 Å². The molecule has 1 aliphatic heterocycles. The first-order valence-electron chi connectivity index (χ1n) is 8.56. The number of hydrogen-bond donors (Lipinski definition) is 2. The summed E-state index contributed by atoms with van der Waals surface area (Å²) < 4.78 is 19.1. The number of ether oxygens (including phenoxy) is 1. The number of rotatable bonds is 6. The normalized spacial score (nSPS) is 18.3. The van der Waals surface area contributed by atoms with Gasteiger partial charge < -0.3 is 20.1 Å². The van der Waals surface area contributed by atoms with Gasteiger partial charge in [-0.3, -0.25) is 4.79 Å². The zero-order valence-corrected chi connectivity index (χ0v) is 14.6. The molecule has 0 aliphatic carbocycles. The van der Waals surface area contributed by atoms with Gasteiger partial charge in [-0.2, -0.15) is 0 Å². The Balaban J connectivity index is 2.15. The molecule has 1 aromatic carbocycles. The largest absolute Gasteiger partial charge is 0.393 e. The van der Waals surface area contributed by atoms with Crippen molar-refractivity contribution in [2.75, 3.05) is 24.6 Å². The number of aliphatic hydroxyl groups excluding tert-OH is 1. The fraction of sp³-hybridized carbons (Fsp3) is 0.611. The standard InChI is InChI=1S/C18H27FN2O3/c1-4-24-13(3)18(23)20-12(2)16-11-14(19)5-6-17(16)21-9-7-15(22)8-10-21/h5-6,11-13,15,22H,4,7-10H2,1-3H3,(H,20,23). The quantitative estimate of drug-likeness (QED) is 0.836. The van der Waals surface area contributed by atoms with Crippen molar-refractivity contribution < 1.29 is 19.0 Å². The van der Waals surface area contributed by atoms with Crippen molar-refractivity contribution in [1.29, 1.82) is 0 Å². The average molecular weight is 338 g/mol. The van der Waals surface area contributed by atoms with Crippen molar-refractivity contribution in [3.63, 3.8) is 0 Å². The molecule has 1 fully saturated rings. The second kappa shape index (κ2) is 8.44. The molecule has 0 radical (unpaired) electrons. The molecule has 1 aliphatic rings. The second-order valence-electron chi connectivity index (χ2n) is 6.25.